The van der Waals surface area contributed by atoms with E-state index in [4.69, 9.17) is 9.47 Å². The second-order valence-corrected chi connectivity index (χ2v) is 19.2. The van der Waals surface area contributed by atoms with E-state index in [9.17, 15) is 19.2 Å². The first-order valence-electron chi connectivity index (χ1n) is 23.8. The van der Waals surface area contributed by atoms with Gasteiger partial charge in [0.15, 0.2) is 0 Å². The van der Waals surface area contributed by atoms with Crippen molar-refractivity contribution >= 4 is 40.6 Å². The number of fused-ring (bicyclic) bond motifs is 6. The van der Waals surface area contributed by atoms with Gasteiger partial charge in [0.25, 0.3) is 5.91 Å². The van der Waals surface area contributed by atoms with Crippen molar-refractivity contribution < 1.29 is 28.7 Å². The van der Waals surface area contributed by atoms with Crippen LogP contribution in [0, 0.1) is 18.3 Å². The lowest BCUT2D eigenvalue weighted by Gasteiger charge is -2.36. The Morgan fingerprint density at radius 1 is 1.04 bits per heavy atom. The lowest BCUT2D eigenvalue weighted by Crippen LogP contribution is -2.62. The maximum atomic E-state index is 14.7. The van der Waals surface area contributed by atoms with Gasteiger partial charge in [-0.2, -0.15) is 0 Å². The fourth-order valence-electron chi connectivity index (χ4n) is 9.52. The molecule has 2 aromatic heterocycles. The number of hydrazine groups is 1. The van der Waals surface area contributed by atoms with Crippen LogP contribution in [0.5, 0.6) is 0 Å². The van der Waals surface area contributed by atoms with Crippen LogP contribution in [0.15, 0.2) is 95.2 Å². The standard InChI is InChI=1S/C54H66N8O6/c1-9-61-47-20-19-39-28-42(47)43(50(61)44-31-55-23-21-41(44)32-67-8)29-54(5,6)33-68-53(66)45-18-13-25-62(59-45)52(65)46(27-37-15-12-17-38(39)26-37)58-51(64)49(35(2)3)60(7)48(63)22-24-56-34-57-30-40-16-11-10-14-36(40)4/h10-12,14-17,19-21,23,26,28,31,35,45-46,49,59H,9,13,18,22,24-25,27,29-30,32-33H2,1-8H3,(H,58,64)/t45-,46-,49-/m0/s1. The number of aryl methyl sites for hydroxylation is 2. The van der Waals surface area contributed by atoms with Crippen LogP contribution >= 0.6 is 0 Å². The summed E-state index contributed by atoms with van der Waals surface area (Å²) < 4.78 is 14.1. The van der Waals surface area contributed by atoms with Crippen molar-refractivity contribution in [2.75, 3.05) is 33.9 Å². The van der Waals surface area contributed by atoms with Crippen LogP contribution in [0.2, 0.25) is 0 Å². The largest absolute Gasteiger partial charge is 0.464 e. The molecule has 14 heteroatoms. The molecule has 1 fully saturated rings. The molecule has 6 bridgehead atoms. The molecule has 14 nitrogen and oxygen atoms in total. The number of hydrogen-bond donors (Lipinski definition) is 2. The lowest BCUT2D eigenvalue weighted by molar-refractivity contribution is -0.155. The molecular formula is C54H66N8O6. The Morgan fingerprint density at radius 2 is 1.84 bits per heavy atom. The Bertz CT molecular complexity index is 2700. The molecule has 0 unspecified atom stereocenters. The first kappa shape index (κ1) is 49.4. The molecular weight excluding hydrogens is 857 g/mol. The summed E-state index contributed by atoms with van der Waals surface area (Å²) in [6, 6.07) is 24.6. The number of carbonyl (C=O) groups excluding carboxylic acids is 4. The second-order valence-electron chi connectivity index (χ2n) is 19.2. The molecule has 4 heterocycles. The van der Waals surface area contributed by atoms with Crippen molar-refractivity contribution in [1.82, 2.24) is 30.2 Å². The van der Waals surface area contributed by atoms with Crippen LogP contribution in [0.4, 0.5) is 0 Å². The first-order chi connectivity index (χ1) is 32.7. The van der Waals surface area contributed by atoms with E-state index in [0.29, 0.717) is 45.5 Å². The van der Waals surface area contributed by atoms with Crippen molar-refractivity contribution in [3.8, 4) is 22.4 Å². The molecule has 2 aliphatic heterocycles. The predicted octanol–water partition coefficient (Wildman–Crippen LogP) is 7.74. The number of nitrogens with one attached hydrogen (secondary N) is 2. The minimum atomic E-state index is -1.03. The van der Waals surface area contributed by atoms with E-state index >= 15 is 0 Å². The highest BCUT2D eigenvalue weighted by molar-refractivity contribution is 5.96. The quantitative estimate of drug-likeness (QED) is 0.0897. The van der Waals surface area contributed by atoms with Gasteiger partial charge in [-0.15, -0.1) is 0 Å². The SMILES string of the molecule is CCn1c(-c2cnccc2COC)c2c3cc(ccc31)-c1cccc(c1)C[C@H](NC(=O)[C@H](C(C)C)N(C)C(=O)CCN=C=NCc1ccccc1C)C(=O)N1CCC[C@H](N1)C(=O)OCC(C)(C)C2. The molecule has 0 radical (unpaired) electrons. The average Bonchev–Trinajstić information content (AvgIpc) is 3.63. The Morgan fingerprint density at radius 3 is 2.60 bits per heavy atom. The highest BCUT2D eigenvalue weighted by Crippen LogP contribution is 2.41. The molecule has 7 rings (SSSR count). The zero-order chi connectivity index (χ0) is 48.5. The number of aromatic nitrogens is 2. The Kier molecular flexibility index (Phi) is 16.1. The van der Waals surface area contributed by atoms with Gasteiger partial charge in [-0.1, -0.05) is 82.3 Å². The van der Waals surface area contributed by atoms with Gasteiger partial charge in [0, 0.05) is 74.4 Å². The van der Waals surface area contributed by atoms with Crippen LogP contribution in [0.25, 0.3) is 33.3 Å². The van der Waals surface area contributed by atoms with Gasteiger partial charge < -0.3 is 24.3 Å². The van der Waals surface area contributed by atoms with E-state index in [2.05, 4.69) is 87.4 Å². The smallest absolute Gasteiger partial charge is 0.324 e. The van der Waals surface area contributed by atoms with Crippen molar-refractivity contribution in [3.05, 3.63) is 113 Å². The molecule has 0 aliphatic carbocycles. The number of rotatable bonds is 13. The Balaban J connectivity index is 1.21. The number of likely N-dealkylation sites (N-methyl/N-ethyl adjacent to an activating group) is 1. The minimum absolute atomic E-state index is 0.0531. The molecule has 1 saturated heterocycles. The number of ether oxygens (including phenoxy) is 2. The zero-order valence-electron chi connectivity index (χ0n) is 40.8. The number of nitrogens with zero attached hydrogens (tertiary/aromatic N) is 6. The molecule has 3 atom stereocenters. The number of cyclic esters (lactones) is 1. The number of carbonyl (C=O) groups is 4. The summed E-state index contributed by atoms with van der Waals surface area (Å²) in [6.07, 6.45) is 5.54. The minimum Gasteiger partial charge on any atom is -0.464 e. The fraction of sp³-hybridized carbons (Fsp3) is 0.444. The molecule has 3 amide bonds. The van der Waals surface area contributed by atoms with Crippen molar-refractivity contribution in [2.24, 2.45) is 21.3 Å². The molecule has 2 aliphatic rings. The van der Waals surface area contributed by atoms with E-state index in [1.54, 1.807) is 20.4 Å². The van der Waals surface area contributed by atoms with Gasteiger partial charge in [0.1, 0.15) is 18.1 Å². The predicted molar refractivity (Wildman–Crippen MR) is 265 cm³/mol. The topological polar surface area (TPSA) is 160 Å². The second kappa shape index (κ2) is 22.1. The third-order valence-electron chi connectivity index (χ3n) is 13.1. The number of methoxy groups -OCH3 is 1. The lowest BCUT2D eigenvalue weighted by atomic mass is 9.84. The van der Waals surface area contributed by atoms with E-state index < -0.39 is 35.4 Å². The van der Waals surface area contributed by atoms with Gasteiger partial charge in [0.2, 0.25) is 11.8 Å². The normalized spacial score (nSPS) is 17.8. The fourth-order valence-corrected chi connectivity index (χ4v) is 9.52. The summed E-state index contributed by atoms with van der Waals surface area (Å²) in [7, 11) is 3.30. The van der Waals surface area contributed by atoms with Crippen LogP contribution in [0.3, 0.4) is 0 Å². The third-order valence-corrected chi connectivity index (χ3v) is 13.1. The summed E-state index contributed by atoms with van der Waals surface area (Å²) in [5, 5.41) is 5.59. The van der Waals surface area contributed by atoms with Crippen LogP contribution in [-0.4, -0.2) is 101 Å². The maximum absolute atomic E-state index is 14.7. The first-order valence-corrected chi connectivity index (χ1v) is 23.8. The Labute approximate surface area is 400 Å². The average molecular weight is 923 g/mol. The molecule has 358 valence electrons. The molecule has 3 aromatic carbocycles. The number of esters is 1. The summed E-state index contributed by atoms with van der Waals surface area (Å²) in [4.78, 5) is 71.1. The molecule has 68 heavy (non-hydrogen) atoms. The number of aliphatic imine (C=N–C) groups is 2. The molecule has 0 spiro atoms. The van der Waals surface area contributed by atoms with E-state index in [-0.39, 0.29) is 43.7 Å². The van der Waals surface area contributed by atoms with Crippen LogP contribution in [-0.2, 0) is 61.2 Å². The molecule has 2 N–H and O–H groups in total. The highest BCUT2D eigenvalue weighted by Gasteiger charge is 2.37. The summed E-state index contributed by atoms with van der Waals surface area (Å²) >= 11 is 0. The van der Waals surface area contributed by atoms with Gasteiger partial charge >= 0.3 is 5.97 Å². The van der Waals surface area contributed by atoms with Gasteiger partial charge in [-0.05, 0) is 96.2 Å². The number of pyridine rings is 1. The van der Waals surface area contributed by atoms with Gasteiger partial charge in [0.05, 0.1) is 38.0 Å². The van der Waals surface area contributed by atoms with Crippen molar-refractivity contribution in [3.63, 3.8) is 0 Å². The number of hydrogen-bond acceptors (Lipinski definition) is 10. The van der Waals surface area contributed by atoms with E-state index in [1.165, 1.54) is 9.91 Å². The van der Waals surface area contributed by atoms with Gasteiger partial charge in [-0.3, -0.25) is 29.2 Å². The number of amides is 3. The molecule has 5 aromatic rings. The number of benzene rings is 3. The van der Waals surface area contributed by atoms with Crippen LogP contribution in [0.1, 0.15) is 81.7 Å². The van der Waals surface area contributed by atoms with E-state index in [0.717, 1.165) is 61.1 Å². The Hall–Kier alpha value is -6.47. The third kappa shape index (κ3) is 11.4. The summed E-state index contributed by atoms with van der Waals surface area (Å²) in [6.45, 7) is 14.3. The molecule has 0 saturated carbocycles. The van der Waals surface area contributed by atoms with Gasteiger partial charge in [-0.25, -0.2) is 15.4 Å². The van der Waals surface area contributed by atoms with E-state index in [1.807, 2.05) is 69.4 Å². The summed E-state index contributed by atoms with van der Waals surface area (Å²) in [5.41, 5.74) is 12.9. The zero-order valence-corrected chi connectivity index (χ0v) is 40.8. The maximum Gasteiger partial charge on any atom is 0.324 e. The van der Waals surface area contributed by atoms with Crippen LogP contribution < -0.4 is 10.7 Å². The summed E-state index contributed by atoms with van der Waals surface area (Å²) in [5.74, 6) is -1.85. The monoisotopic (exact) mass is 923 g/mol. The van der Waals surface area contributed by atoms with Crippen molar-refractivity contribution in [1.29, 1.82) is 0 Å². The highest BCUT2D eigenvalue weighted by atomic mass is 16.5. The van der Waals surface area contributed by atoms with Crippen molar-refractivity contribution in [2.45, 2.75) is 111 Å².